The van der Waals surface area contributed by atoms with Crippen LogP contribution in [0.2, 0.25) is 0 Å². The second-order valence-corrected chi connectivity index (χ2v) is 9.32. The Balaban J connectivity index is 1.55. The van der Waals surface area contributed by atoms with Crippen LogP contribution < -0.4 is 10.6 Å². The fraction of sp³-hybridized carbons (Fsp3) is 0.0400. The van der Waals surface area contributed by atoms with E-state index in [0.717, 1.165) is 11.8 Å². The minimum atomic E-state index is -1.69. The summed E-state index contributed by atoms with van der Waals surface area (Å²) in [6, 6.07) is 18.6. The second kappa shape index (κ2) is 10.7. The van der Waals surface area contributed by atoms with Gasteiger partial charge in [0.15, 0.2) is 23.3 Å². The minimum absolute atomic E-state index is 0.0720. The number of rotatable bonds is 7. The predicted molar refractivity (Wildman–Crippen MR) is 129 cm³/mol. The number of hydrogen-bond acceptors (Lipinski definition) is 4. The molecule has 178 valence electrons. The van der Waals surface area contributed by atoms with Crippen LogP contribution in [0.25, 0.3) is 0 Å². The van der Waals surface area contributed by atoms with E-state index in [-0.39, 0.29) is 12.0 Å². The molecule has 2 amide bonds. The van der Waals surface area contributed by atoms with E-state index in [1.807, 2.05) is 5.32 Å². The van der Waals surface area contributed by atoms with Crippen LogP contribution in [-0.2, 0) is 4.79 Å². The Kier molecular flexibility index (Phi) is 7.52. The molecule has 3 aromatic carbocycles. The van der Waals surface area contributed by atoms with Gasteiger partial charge in [-0.2, -0.15) is 0 Å². The van der Waals surface area contributed by atoms with Crippen molar-refractivity contribution in [1.82, 2.24) is 0 Å². The highest BCUT2D eigenvalue weighted by molar-refractivity contribution is 8.00. The van der Waals surface area contributed by atoms with E-state index in [1.165, 1.54) is 11.3 Å². The number of anilines is 2. The molecule has 4 aromatic rings. The summed E-state index contributed by atoms with van der Waals surface area (Å²) < 4.78 is 55.4. The molecule has 0 fully saturated rings. The quantitative estimate of drug-likeness (QED) is 0.158. The van der Waals surface area contributed by atoms with Gasteiger partial charge in [0.25, 0.3) is 5.91 Å². The van der Waals surface area contributed by atoms with Crippen molar-refractivity contribution in [3.8, 4) is 0 Å². The van der Waals surface area contributed by atoms with E-state index in [1.54, 1.807) is 72.1 Å². The Morgan fingerprint density at radius 3 is 2.06 bits per heavy atom. The Labute approximate surface area is 206 Å². The van der Waals surface area contributed by atoms with Gasteiger partial charge in [-0.25, -0.2) is 17.6 Å². The maximum atomic E-state index is 14.1. The van der Waals surface area contributed by atoms with Crippen molar-refractivity contribution in [3.05, 3.63) is 112 Å². The maximum Gasteiger partial charge on any atom is 0.265 e. The zero-order valence-corrected chi connectivity index (χ0v) is 19.4. The van der Waals surface area contributed by atoms with Crippen molar-refractivity contribution in [1.29, 1.82) is 0 Å². The Morgan fingerprint density at radius 2 is 1.46 bits per heavy atom. The molecule has 4 rings (SSSR count). The molecule has 0 saturated heterocycles. The number of carbonyl (C=O) groups excluding carboxylic acids is 2. The summed E-state index contributed by atoms with van der Waals surface area (Å²) >= 11 is 2.37. The number of thiophene rings is 1. The van der Waals surface area contributed by atoms with Gasteiger partial charge in [-0.15, -0.1) is 23.1 Å². The molecule has 10 heteroatoms. The first-order chi connectivity index (χ1) is 16.8. The van der Waals surface area contributed by atoms with Gasteiger partial charge in [0.2, 0.25) is 5.91 Å². The van der Waals surface area contributed by atoms with E-state index in [9.17, 15) is 27.2 Å². The molecule has 0 radical (unpaired) electrons. The van der Waals surface area contributed by atoms with Crippen molar-refractivity contribution < 1.29 is 27.2 Å². The van der Waals surface area contributed by atoms with Crippen molar-refractivity contribution >= 4 is 46.3 Å². The van der Waals surface area contributed by atoms with E-state index < -0.39 is 40.1 Å². The third kappa shape index (κ3) is 5.72. The van der Waals surface area contributed by atoms with Gasteiger partial charge in [0.05, 0.1) is 4.88 Å². The molecule has 1 unspecified atom stereocenters. The SMILES string of the molecule is O=C(Nc1ccc(SC(C(=O)Nc2c(F)c(F)cc(F)c2F)c2ccccc2)cc1)c1cccs1. The van der Waals surface area contributed by atoms with Gasteiger partial charge in [-0.1, -0.05) is 36.4 Å². The summed E-state index contributed by atoms with van der Waals surface area (Å²) in [7, 11) is 0. The maximum absolute atomic E-state index is 14.1. The molecule has 2 N–H and O–H groups in total. The first kappa shape index (κ1) is 24.5. The van der Waals surface area contributed by atoms with Gasteiger partial charge in [-0.05, 0) is 41.3 Å². The molecule has 4 nitrogen and oxygen atoms in total. The zero-order chi connectivity index (χ0) is 24.9. The number of benzene rings is 3. The first-order valence-electron chi connectivity index (χ1n) is 10.1. The molecule has 0 saturated carbocycles. The standard InChI is InChI=1S/C25H16F4N2O2S2/c26-17-13-18(27)21(29)22(20(17)28)31-25(33)23(14-5-2-1-3-6-14)35-16-10-8-15(9-11-16)30-24(32)19-7-4-12-34-19/h1-13,23H,(H,30,32)(H,31,33). The third-order valence-electron chi connectivity index (χ3n) is 4.81. The van der Waals surface area contributed by atoms with Gasteiger partial charge in [0, 0.05) is 16.6 Å². The van der Waals surface area contributed by atoms with E-state index in [0.29, 0.717) is 21.0 Å². The largest absolute Gasteiger partial charge is 0.321 e. The molecular formula is C25H16F4N2O2S2. The van der Waals surface area contributed by atoms with Crippen LogP contribution in [0.5, 0.6) is 0 Å². The molecule has 0 aliphatic heterocycles. The van der Waals surface area contributed by atoms with Crippen LogP contribution in [0.3, 0.4) is 0 Å². The summed E-state index contributed by atoms with van der Waals surface area (Å²) in [4.78, 5) is 26.4. The average molecular weight is 517 g/mol. The topological polar surface area (TPSA) is 58.2 Å². The lowest BCUT2D eigenvalue weighted by molar-refractivity contribution is -0.115. The van der Waals surface area contributed by atoms with Crippen LogP contribution in [0.15, 0.2) is 83.1 Å². The summed E-state index contributed by atoms with van der Waals surface area (Å²) in [5.41, 5.74) is -0.156. The van der Waals surface area contributed by atoms with Crippen LogP contribution >= 0.6 is 23.1 Å². The van der Waals surface area contributed by atoms with Crippen molar-refractivity contribution in [2.75, 3.05) is 10.6 Å². The molecule has 1 atom stereocenters. The molecule has 0 aliphatic rings. The van der Waals surface area contributed by atoms with Crippen LogP contribution in [0.4, 0.5) is 28.9 Å². The number of amides is 2. The summed E-state index contributed by atoms with van der Waals surface area (Å²) in [6.45, 7) is 0. The normalized spacial score (nSPS) is 11.7. The number of hydrogen-bond donors (Lipinski definition) is 2. The van der Waals surface area contributed by atoms with Crippen molar-refractivity contribution in [2.24, 2.45) is 0 Å². The fourth-order valence-corrected chi connectivity index (χ4v) is 4.77. The highest BCUT2D eigenvalue weighted by Gasteiger charge is 2.27. The number of thioether (sulfide) groups is 1. The van der Waals surface area contributed by atoms with Crippen LogP contribution in [-0.4, -0.2) is 11.8 Å². The van der Waals surface area contributed by atoms with Gasteiger partial charge in [-0.3, -0.25) is 9.59 Å². The first-order valence-corrected chi connectivity index (χ1v) is 11.9. The number of halogens is 4. The predicted octanol–water partition coefficient (Wildman–Crippen LogP) is 7.03. The minimum Gasteiger partial charge on any atom is -0.321 e. The molecule has 1 heterocycles. The molecule has 35 heavy (non-hydrogen) atoms. The van der Waals surface area contributed by atoms with Crippen molar-refractivity contribution in [3.63, 3.8) is 0 Å². The lowest BCUT2D eigenvalue weighted by Crippen LogP contribution is -2.21. The lowest BCUT2D eigenvalue weighted by atomic mass is 10.1. The zero-order valence-electron chi connectivity index (χ0n) is 17.7. The molecule has 0 spiro atoms. The van der Waals surface area contributed by atoms with Crippen molar-refractivity contribution in [2.45, 2.75) is 10.1 Å². The monoisotopic (exact) mass is 516 g/mol. The summed E-state index contributed by atoms with van der Waals surface area (Å²) in [6.07, 6.45) is 0. The van der Waals surface area contributed by atoms with E-state index in [2.05, 4.69) is 5.32 Å². The van der Waals surface area contributed by atoms with Gasteiger partial charge in [0.1, 0.15) is 10.9 Å². The molecule has 0 aliphatic carbocycles. The Bertz CT molecular complexity index is 1320. The molecule has 1 aromatic heterocycles. The lowest BCUT2D eigenvalue weighted by Gasteiger charge is -2.18. The van der Waals surface area contributed by atoms with E-state index in [4.69, 9.17) is 0 Å². The smallest absolute Gasteiger partial charge is 0.265 e. The second-order valence-electron chi connectivity index (χ2n) is 7.20. The molecular weight excluding hydrogens is 500 g/mol. The van der Waals surface area contributed by atoms with Gasteiger partial charge < -0.3 is 10.6 Å². The number of nitrogens with one attached hydrogen (secondary N) is 2. The Hall–Kier alpha value is -3.63. The highest BCUT2D eigenvalue weighted by Crippen LogP contribution is 2.37. The average Bonchev–Trinajstić information content (AvgIpc) is 3.41. The van der Waals surface area contributed by atoms with E-state index >= 15 is 0 Å². The Morgan fingerprint density at radius 1 is 0.800 bits per heavy atom. The summed E-state index contributed by atoms with van der Waals surface area (Å²) in [5.74, 6) is -7.77. The fourth-order valence-electron chi connectivity index (χ4n) is 3.13. The summed E-state index contributed by atoms with van der Waals surface area (Å²) in [5, 5.41) is 5.53. The third-order valence-corrected chi connectivity index (χ3v) is 6.95. The molecule has 0 bridgehead atoms. The highest BCUT2D eigenvalue weighted by atomic mass is 32.2. The van der Waals surface area contributed by atoms with Gasteiger partial charge >= 0.3 is 0 Å². The van der Waals surface area contributed by atoms with Crippen LogP contribution in [0.1, 0.15) is 20.5 Å². The number of carbonyl (C=O) groups is 2. The van der Waals surface area contributed by atoms with Crippen LogP contribution in [0, 0.1) is 23.3 Å².